The standard InChI is InChI=1S/C12H15N3O2/c1-17-8-2-5-14-12(16)10-3-4-11-13-6-7-15(11)9-10/h3-4,6-7,9H,2,5,8H2,1H3,(H,14,16). The lowest BCUT2D eigenvalue weighted by Gasteiger charge is -2.05. The van der Waals surface area contributed by atoms with Crippen molar-refractivity contribution in [3.05, 3.63) is 36.3 Å². The van der Waals surface area contributed by atoms with Crippen LogP contribution in [0.1, 0.15) is 16.8 Å². The molecule has 0 aliphatic carbocycles. The molecule has 0 aliphatic rings. The van der Waals surface area contributed by atoms with Gasteiger partial charge in [-0.25, -0.2) is 4.98 Å². The third kappa shape index (κ3) is 2.82. The summed E-state index contributed by atoms with van der Waals surface area (Å²) in [6.07, 6.45) is 6.11. The first kappa shape index (κ1) is 11.6. The number of carbonyl (C=O) groups excluding carboxylic acids is 1. The summed E-state index contributed by atoms with van der Waals surface area (Å²) >= 11 is 0. The van der Waals surface area contributed by atoms with Gasteiger partial charge in [-0.1, -0.05) is 0 Å². The third-order valence-corrected chi connectivity index (χ3v) is 2.46. The van der Waals surface area contributed by atoms with Gasteiger partial charge >= 0.3 is 0 Å². The van der Waals surface area contributed by atoms with Crippen LogP contribution < -0.4 is 5.32 Å². The molecule has 0 saturated heterocycles. The number of imidazole rings is 1. The van der Waals surface area contributed by atoms with Gasteiger partial charge in [-0.15, -0.1) is 0 Å². The second kappa shape index (κ2) is 5.45. The van der Waals surface area contributed by atoms with Gasteiger partial charge in [0.05, 0.1) is 5.56 Å². The number of nitrogens with zero attached hydrogens (tertiary/aromatic N) is 2. The number of nitrogens with one attached hydrogen (secondary N) is 1. The molecule has 1 N–H and O–H groups in total. The van der Waals surface area contributed by atoms with Gasteiger partial charge in [-0.2, -0.15) is 0 Å². The van der Waals surface area contributed by atoms with E-state index >= 15 is 0 Å². The maximum Gasteiger partial charge on any atom is 0.252 e. The summed E-state index contributed by atoms with van der Waals surface area (Å²) in [5, 5.41) is 2.84. The third-order valence-electron chi connectivity index (χ3n) is 2.46. The van der Waals surface area contributed by atoms with Gasteiger partial charge < -0.3 is 14.5 Å². The summed E-state index contributed by atoms with van der Waals surface area (Å²) in [6.45, 7) is 1.27. The van der Waals surface area contributed by atoms with Crippen molar-refractivity contribution < 1.29 is 9.53 Å². The molecule has 0 atom stereocenters. The Morgan fingerprint density at radius 2 is 2.41 bits per heavy atom. The number of amides is 1. The summed E-state index contributed by atoms with van der Waals surface area (Å²) in [4.78, 5) is 15.9. The number of hydrogen-bond acceptors (Lipinski definition) is 3. The summed E-state index contributed by atoms with van der Waals surface area (Å²) in [5.74, 6) is -0.0725. The molecule has 0 fully saturated rings. The van der Waals surface area contributed by atoms with E-state index < -0.39 is 0 Å². The molecule has 17 heavy (non-hydrogen) atoms. The molecule has 5 nitrogen and oxygen atoms in total. The lowest BCUT2D eigenvalue weighted by molar-refractivity contribution is 0.0948. The monoisotopic (exact) mass is 233 g/mol. The lowest BCUT2D eigenvalue weighted by atomic mass is 10.2. The van der Waals surface area contributed by atoms with Crippen molar-refractivity contribution >= 4 is 11.6 Å². The van der Waals surface area contributed by atoms with Crippen LogP contribution >= 0.6 is 0 Å². The highest BCUT2D eigenvalue weighted by Crippen LogP contribution is 2.04. The van der Waals surface area contributed by atoms with Gasteiger partial charge in [-0.3, -0.25) is 4.79 Å². The molecule has 0 aliphatic heterocycles. The summed E-state index contributed by atoms with van der Waals surface area (Å²) in [7, 11) is 1.65. The predicted octanol–water partition coefficient (Wildman–Crippen LogP) is 1.10. The van der Waals surface area contributed by atoms with Crippen molar-refractivity contribution in [2.45, 2.75) is 6.42 Å². The predicted molar refractivity (Wildman–Crippen MR) is 64.0 cm³/mol. The van der Waals surface area contributed by atoms with Crippen molar-refractivity contribution in [1.82, 2.24) is 14.7 Å². The molecule has 1 amide bonds. The van der Waals surface area contributed by atoms with Crippen LogP contribution in [0.25, 0.3) is 5.65 Å². The normalized spacial score (nSPS) is 10.6. The van der Waals surface area contributed by atoms with Crippen molar-refractivity contribution in [1.29, 1.82) is 0 Å². The Morgan fingerprint density at radius 3 is 3.24 bits per heavy atom. The van der Waals surface area contributed by atoms with Gasteiger partial charge in [0, 0.05) is 38.9 Å². The number of fused-ring (bicyclic) bond motifs is 1. The number of rotatable bonds is 5. The Kier molecular flexibility index (Phi) is 3.72. The van der Waals surface area contributed by atoms with E-state index in [0.717, 1.165) is 12.1 Å². The summed E-state index contributed by atoms with van der Waals surface area (Å²) in [5.41, 5.74) is 1.47. The SMILES string of the molecule is COCCCNC(=O)c1ccc2nccn2c1. The largest absolute Gasteiger partial charge is 0.385 e. The quantitative estimate of drug-likeness (QED) is 0.787. The van der Waals surface area contributed by atoms with E-state index in [1.54, 1.807) is 25.6 Å². The van der Waals surface area contributed by atoms with Crippen LogP contribution in [0, 0.1) is 0 Å². The van der Waals surface area contributed by atoms with Crippen molar-refractivity contribution in [2.75, 3.05) is 20.3 Å². The minimum Gasteiger partial charge on any atom is -0.385 e. The molecule has 0 unspecified atom stereocenters. The van der Waals surface area contributed by atoms with E-state index in [1.165, 1.54) is 0 Å². The topological polar surface area (TPSA) is 55.6 Å². The van der Waals surface area contributed by atoms with Crippen molar-refractivity contribution in [3.63, 3.8) is 0 Å². The van der Waals surface area contributed by atoms with Crippen LogP contribution in [0.15, 0.2) is 30.7 Å². The van der Waals surface area contributed by atoms with Crippen molar-refractivity contribution in [2.24, 2.45) is 0 Å². The fourth-order valence-electron chi connectivity index (χ4n) is 1.57. The maximum atomic E-state index is 11.8. The minimum atomic E-state index is -0.0725. The molecular formula is C12H15N3O2. The van der Waals surface area contributed by atoms with Crippen LogP contribution in [0.3, 0.4) is 0 Å². The molecule has 0 saturated carbocycles. The van der Waals surface area contributed by atoms with E-state index in [2.05, 4.69) is 10.3 Å². The number of hydrogen-bond donors (Lipinski definition) is 1. The van der Waals surface area contributed by atoms with Gasteiger partial charge in [0.2, 0.25) is 0 Å². The second-order valence-electron chi connectivity index (χ2n) is 3.71. The van der Waals surface area contributed by atoms with Gasteiger partial charge in [0.25, 0.3) is 5.91 Å². The van der Waals surface area contributed by atoms with Gasteiger partial charge in [-0.05, 0) is 18.6 Å². The Labute approximate surface area is 99.4 Å². The second-order valence-corrected chi connectivity index (χ2v) is 3.71. The fraction of sp³-hybridized carbons (Fsp3) is 0.333. The Morgan fingerprint density at radius 1 is 1.53 bits per heavy atom. The van der Waals surface area contributed by atoms with E-state index in [-0.39, 0.29) is 5.91 Å². The smallest absolute Gasteiger partial charge is 0.252 e. The Bertz CT molecular complexity index is 507. The molecule has 0 bridgehead atoms. The van der Waals surface area contributed by atoms with Crippen molar-refractivity contribution in [3.8, 4) is 0 Å². The number of aromatic nitrogens is 2. The molecule has 2 aromatic rings. The van der Waals surface area contributed by atoms with E-state index in [1.807, 2.05) is 16.7 Å². The Hall–Kier alpha value is -1.88. The van der Waals surface area contributed by atoms with Crippen LogP contribution in [0.5, 0.6) is 0 Å². The number of carbonyl (C=O) groups is 1. The zero-order valence-corrected chi connectivity index (χ0v) is 9.72. The van der Waals surface area contributed by atoms with Gasteiger partial charge in [0.15, 0.2) is 0 Å². The fourth-order valence-corrected chi connectivity index (χ4v) is 1.57. The molecule has 2 heterocycles. The first-order valence-electron chi connectivity index (χ1n) is 5.51. The molecule has 0 aromatic carbocycles. The summed E-state index contributed by atoms with van der Waals surface area (Å²) in [6, 6.07) is 3.60. The van der Waals surface area contributed by atoms with E-state index in [0.29, 0.717) is 18.7 Å². The first-order valence-corrected chi connectivity index (χ1v) is 5.51. The molecule has 5 heteroatoms. The highest BCUT2D eigenvalue weighted by atomic mass is 16.5. The molecule has 0 radical (unpaired) electrons. The van der Waals surface area contributed by atoms with Crippen LogP contribution in [0.2, 0.25) is 0 Å². The van der Waals surface area contributed by atoms with Crippen LogP contribution in [-0.4, -0.2) is 35.6 Å². The molecule has 0 spiro atoms. The van der Waals surface area contributed by atoms with E-state index in [9.17, 15) is 4.79 Å². The van der Waals surface area contributed by atoms with E-state index in [4.69, 9.17) is 4.74 Å². The highest BCUT2D eigenvalue weighted by Gasteiger charge is 2.05. The number of methoxy groups -OCH3 is 1. The minimum absolute atomic E-state index is 0.0725. The average Bonchev–Trinajstić information content (AvgIpc) is 2.81. The first-order chi connectivity index (χ1) is 8.31. The highest BCUT2D eigenvalue weighted by molar-refractivity contribution is 5.94. The van der Waals surface area contributed by atoms with Gasteiger partial charge in [0.1, 0.15) is 5.65 Å². The molecule has 2 aromatic heterocycles. The summed E-state index contributed by atoms with van der Waals surface area (Å²) < 4.78 is 6.74. The van der Waals surface area contributed by atoms with Crippen LogP contribution in [-0.2, 0) is 4.74 Å². The number of ether oxygens (including phenoxy) is 1. The zero-order valence-electron chi connectivity index (χ0n) is 9.72. The maximum absolute atomic E-state index is 11.8. The molecular weight excluding hydrogens is 218 g/mol. The molecule has 90 valence electrons. The molecule has 2 rings (SSSR count). The van der Waals surface area contributed by atoms with Crippen LogP contribution in [0.4, 0.5) is 0 Å². The zero-order chi connectivity index (χ0) is 12.1. The number of pyridine rings is 1. The Balaban J connectivity index is 1.98. The average molecular weight is 233 g/mol. The lowest BCUT2D eigenvalue weighted by Crippen LogP contribution is -2.25.